The third kappa shape index (κ3) is 4.45. The summed E-state index contributed by atoms with van der Waals surface area (Å²) in [5, 5.41) is 9.13. The van der Waals surface area contributed by atoms with Gasteiger partial charge in [0.25, 0.3) is 5.91 Å². The molecule has 0 bridgehead atoms. The molecule has 0 aliphatic carbocycles. The number of methoxy groups -OCH3 is 1. The van der Waals surface area contributed by atoms with Crippen molar-refractivity contribution in [3.05, 3.63) is 40.9 Å². The number of thiazole rings is 1. The second kappa shape index (κ2) is 8.08. The van der Waals surface area contributed by atoms with E-state index in [4.69, 9.17) is 4.74 Å². The monoisotopic (exact) mass is 359 g/mol. The highest BCUT2D eigenvalue weighted by Gasteiger charge is 2.32. The summed E-state index contributed by atoms with van der Waals surface area (Å²) in [5.41, 5.74) is 2.76. The van der Waals surface area contributed by atoms with Gasteiger partial charge in [-0.1, -0.05) is 29.8 Å². The van der Waals surface area contributed by atoms with Gasteiger partial charge in [0.1, 0.15) is 10.7 Å². The number of ether oxygens (including phenoxy) is 1. The average Bonchev–Trinajstić information content (AvgIpc) is 3.12. The molecule has 1 aliphatic heterocycles. The fourth-order valence-electron chi connectivity index (χ4n) is 3.20. The molecule has 1 amide bonds. The zero-order valence-corrected chi connectivity index (χ0v) is 15.6. The minimum Gasteiger partial charge on any atom is -0.384 e. The van der Waals surface area contributed by atoms with E-state index in [1.165, 1.54) is 16.9 Å². The van der Waals surface area contributed by atoms with Gasteiger partial charge in [-0.25, -0.2) is 4.98 Å². The molecule has 3 rings (SSSR count). The Kier molecular flexibility index (Phi) is 5.83. The SMILES string of the molecule is COCC1(CNC(=O)c2csc(-c3ccc(C)cc3)n2)CCNCC1. The van der Waals surface area contributed by atoms with Crippen LogP contribution in [0.5, 0.6) is 0 Å². The normalized spacial score (nSPS) is 16.6. The number of rotatable bonds is 6. The van der Waals surface area contributed by atoms with Crippen LogP contribution in [0.2, 0.25) is 0 Å². The molecule has 2 heterocycles. The van der Waals surface area contributed by atoms with Crippen molar-refractivity contribution in [2.75, 3.05) is 33.4 Å². The fourth-order valence-corrected chi connectivity index (χ4v) is 4.01. The highest BCUT2D eigenvalue weighted by molar-refractivity contribution is 7.13. The van der Waals surface area contributed by atoms with E-state index < -0.39 is 0 Å². The van der Waals surface area contributed by atoms with Gasteiger partial charge in [0.15, 0.2) is 0 Å². The zero-order chi connectivity index (χ0) is 17.7. The van der Waals surface area contributed by atoms with Gasteiger partial charge in [0.05, 0.1) is 6.61 Å². The van der Waals surface area contributed by atoms with Gasteiger partial charge in [-0.05, 0) is 32.9 Å². The van der Waals surface area contributed by atoms with Gasteiger partial charge in [-0.3, -0.25) is 4.79 Å². The van der Waals surface area contributed by atoms with Crippen molar-refractivity contribution in [1.29, 1.82) is 0 Å². The standard InChI is InChI=1S/C19H25N3O2S/c1-14-3-5-15(6-4-14)18-22-16(11-25-18)17(23)21-12-19(13-24-2)7-9-20-10-8-19/h3-6,11,20H,7-10,12-13H2,1-2H3,(H,21,23). The molecule has 1 fully saturated rings. The van der Waals surface area contributed by atoms with Crippen molar-refractivity contribution in [2.24, 2.45) is 5.41 Å². The summed E-state index contributed by atoms with van der Waals surface area (Å²) in [4.78, 5) is 17.0. The predicted molar refractivity (Wildman–Crippen MR) is 101 cm³/mol. The number of nitrogens with one attached hydrogen (secondary N) is 2. The van der Waals surface area contributed by atoms with Crippen LogP contribution in [0, 0.1) is 12.3 Å². The van der Waals surface area contributed by atoms with Gasteiger partial charge in [0.2, 0.25) is 0 Å². The minimum atomic E-state index is -0.108. The van der Waals surface area contributed by atoms with Crippen LogP contribution in [0.3, 0.4) is 0 Å². The molecule has 1 aliphatic rings. The zero-order valence-electron chi connectivity index (χ0n) is 14.8. The molecule has 0 spiro atoms. The summed E-state index contributed by atoms with van der Waals surface area (Å²) in [6.07, 6.45) is 2.01. The fraction of sp³-hybridized carbons (Fsp3) is 0.474. The quantitative estimate of drug-likeness (QED) is 0.832. The number of amides is 1. The van der Waals surface area contributed by atoms with Gasteiger partial charge in [-0.2, -0.15) is 0 Å². The van der Waals surface area contributed by atoms with Crippen molar-refractivity contribution in [2.45, 2.75) is 19.8 Å². The van der Waals surface area contributed by atoms with E-state index in [0.717, 1.165) is 36.5 Å². The second-order valence-corrected chi connectivity index (χ2v) is 7.63. The number of piperidine rings is 1. The molecule has 25 heavy (non-hydrogen) atoms. The Morgan fingerprint density at radius 1 is 1.32 bits per heavy atom. The molecule has 0 saturated carbocycles. The molecule has 2 aromatic rings. The number of hydrogen-bond acceptors (Lipinski definition) is 5. The van der Waals surface area contributed by atoms with E-state index in [0.29, 0.717) is 18.8 Å². The Labute approximate surface area is 152 Å². The van der Waals surface area contributed by atoms with Gasteiger partial charge < -0.3 is 15.4 Å². The second-order valence-electron chi connectivity index (χ2n) is 6.77. The Morgan fingerprint density at radius 2 is 2.04 bits per heavy atom. The lowest BCUT2D eigenvalue weighted by Gasteiger charge is -2.37. The maximum Gasteiger partial charge on any atom is 0.270 e. The lowest BCUT2D eigenvalue weighted by molar-refractivity contribution is 0.0511. The first-order valence-corrected chi connectivity index (χ1v) is 9.50. The minimum absolute atomic E-state index is 0.0193. The number of nitrogens with zero attached hydrogens (tertiary/aromatic N) is 1. The van der Waals surface area contributed by atoms with Crippen molar-refractivity contribution in [3.8, 4) is 10.6 Å². The van der Waals surface area contributed by atoms with Crippen LogP contribution in [0.15, 0.2) is 29.6 Å². The first-order chi connectivity index (χ1) is 12.1. The van der Waals surface area contributed by atoms with Crippen LogP contribution < -0.4 is 10.6 Å². The summed E-state index contributed by atoms with van der Waals surface area (Å²) in [6.45, 7) is 5.28. The van der Waals surface area contributed by atoms with Gasteiger partial charge in [0, 0.05) is 30.0 Å². The summed E-state index contributed by atoms with van der Waals surface area (Å²) in [7, 11) is 1.72. The van der Waals surface area contributed by atoms with Gasteiger partial charge in [-0.15, -0.1) is 11.3 Å². The van der Waals surface area contributed by atoms with E-state index in [-0.39, 0.29) is 11.3 Å². The smallest absolute Gasteiger partial charge is 0.270 e. The number of carbonyl (C=O) groups is 1. The molecule has 1 saturated heterocycles. The van der Waals surface area contributed by atoms with Crippen molar-refractivity contribution >= 4 is 17.2 Å². The van der Waals surface area contributed by atoms with Crippen molar-refractivity contribution in [3.63, 3.8) is 0 Å². The van der Waals surface area contributed by atoms with Gasteiger partial charge >= 0.3 is 0 Å². The van der Waals surface area contributed by atoms with E-state index in [9.17, 15) is 4.79 Å². The number of carbonyl (C=O) groups excluding carboxylic acids is 1. The first kappa shape index (κ1) is 18.0. The Bertz CT molecular complexity index is 700. The number of hydrogen-bond donors (Lipinski definition) is 2. The van der Waals surface area contributed by atoms with Crippen LogP contribution in [0.25, 0.3) is 10.6 Å². The van der Waals surface area contributed by atoms with Crippen LogP contribution >= 0.6 is 11.3 Å². The topological polar surface area (TPSA) is 63.2 Å². The van der Waals surface area contributed by atoms with Crippen molar-refractivity contribution in [1.82, 2.24) is 15.6 Å². The summed E-state index contributed by atoms with van der Waals surface area (Å²) in [6, 6.07) is 8.20. The summed E-state index contributed by atoms with van der Waals surface area (Å²) < 4.78 is 5.40. The Hall–Kier alpha value is -1.76. The van der Waals surface area contributed by atoms with E-state index in [1.54, 1.807) is 7.11 Å². The number of aryl methyl sites for hydroxylation is 1. The average molecular weight is 359 g/mol. The lowest BCUT2D eigenvalue weighted by atomic mass is 9.79. The van der Waals surface area contributed by atoms with E-state index >= 15 is 0 Å². The molecule has 1 aromatic carbocycles. The largest absolute Gasteiger partial charge is 0.384 e. The van der Waals surface area contributed by atoms with Crippen molar-refractivity contribution < 1.29 is 9.53 Å². The molecule has 134 valence electrons. The van der Waals surface area contributed by atoms with Crippen LogP contribution in [-0.4, -0.2) is 44.2 Å². The molecule has 0 unspecified atom stereocenters. The lowest BCUT2D eigenvalue weighted by Crippen LogP contribution is -2.47. The molecule has 5 nitrogen and oxygen atoms in total. The first-order valence-electron chi connectivity index (χ1n) is 8.62. The summed E-state index contributed by atoms with van der Waals surface area (Å²) in [5.74, 6) is -0.108. The molecule has 2 N–H and O–H groups in total. The molecular weight excluding hydrogens is 334 g/mol. The van der Waals surface area contributed by atoms with E-state index in [2.05, 4.69) is 34.7 Å². The van der Waals surface area contributed by atoms with Crippen LogP contribution in [-0.2, 0) is 4.74 Å². The maximum absolute atomic E-state index is 12.5. The van der Waals surface area contributed by atoms with Crippen LogP contribution in [0.4, 0.5) is 0 Å². The molecule has 0 radical (unpaired) electrons. The molecule has 6 heteroatoms. The molecular formula is C19H25N3O2S. The number of aromatic nitrogens is 1. The van der Waals surface area contributed by atoms with Crippen LogP contribution in [0.1, 0.15) is 28.9 Å². The third-order valence-electron chi connectivity index (χ3n) is 4.77. The highest BCUT2D eigenvalue weighted by atomic mass is 32.1. The Morgan fingerprint density at radius 3 is 2.72 bits per heavy atom. The predicted octanol–water partition coefficient (Wildman–Crippen LogP) is 2.86. The third-order valence-corrected chi connectivity index (χ3v) is 5.67. The van der Waals surface area contributed by atoms with E-state index in [1.807, 2.05) is 17.5 Å². The maximum atomic E-state index is 12.5. The summed E-state index contributed by atoms with van der Waals surface area (Å²) >= 11 is 1.50. The molecule has 1 aromatic heterocycles. The molecule has 0 atom stereocenters. The Balaban J connectivity index is 1.64. The number of benzene rings is 1. The highest BCUT2D eigenvalue weighted by Crippen LogP contribution is 2.29.